The summed E-state index contributed by atoms with van der Waals surface area (Å²) in [7, 11) is 0. The van der Waals surface area contributed by atoms with E-state index in [-0.39, 0.29) is 0 Å². The Morgan fingerprint density at radius 3 is 2.87 bits per heavy atom. The molecule has 0 saturated heterocycles. The molecule has 0 spiro atoms. The third-order valence-corrected chi connectivity index (χ3v) is 2.00. The van der Waals surface area contributed by atoms with Gasteiger partial charge in [-0.05, 0) is 19.1 Å². The molecule has 0 bridgehead atoms. The zero-order chi connectivity index (χ0) is 10.8. The Labute approximate surface area is 86.5 Å². The van der Waals surface area contributed by atoms with Gasteiger partial charge in [-0.1, -0.05) is 0 Å². The average Bonchev–Trinajstić information content (AvgIpc) is 2.65. The number of primary amides is 1. The quantitative estimate of drug-likeness (QED) is 0.778. The van der Waals surface area contributed by atoms with Crippen LogP contribution in [-0.4, -0.2) is 20.7 Å². The third-order valence-electron chi connectivity index (χ3n) is 2.00. The van der Waals surface area contributed by atoms with Crippen LogP contribution in [0.1, 0.15) is 16.1 Å². The minimum Gasteiger partial charge on any atom is -0.366 e. The lowest BCUT2D eigenvalue weighted by Gasteiger charge is -2.01. The molecule has 2 rings (SSSR count). The second-order valence-electron chi connectivity index (χ2n) is 3.20. The van der Waals surface area contributed by atoms with Crippen molar-refractivity contribution in [3.8, 4) is 5.69 Å². The fourth-order valence-corrected chi connectivity index (χ4v) is 1.25. The predicted molar refractivity (Wildman–Crippen MR) is 54.6 cm³/mol. The third kappa shape index (κ3) is 1.85. The maximum atomic E-state index is 10.9. The first-order chi connectivity index (χ1) is 7.16. The van der Waals surface area contributed by atoms with Crippen LogP contribution in [0.25, 0.3) is 5.69 Å². The second kappa shape index (κ2) is 3.53. The van der Waals surface area contributed by atoms with E-state index in [1.807, 2.05) is 13.0 Å². The lowest BCUT2D eigenvalue weighted by molar-refractivity contribution is 0.1000. The molecule has 76 valence electrons. The highest BCUT2D eigenvalue weighted by Crippen LogP contribution is 2.07. The van der Waals surface area contributed by atoms with Gasteiger partial charge >= 0.3 is 0 Å². The summed E-state index contributed by atoms with van der Waals surface area (Å²) in [6.07, 6.45) is 4.86. The first-order valence-corrected chi connectivity index (χ1v) is 4.44. The molecule has 5 heteroatoms. The van der Waals surface area contributed by atoms with Crippen LogP contribution < -0.4 is 5.73 Å². The fraction of sp³-hybridized carbons (Fsp3) is 0.100. The normalized spacial score (nSPS) is 10.2. The van der Waals surface area contributed by atoms with E-state index < -0.39 is 5.91 Å². The van der Waals surface area contributed by atoms with Crippen LogP contribution in [0.3, 0.4) is 0 Å². The molecule has 1 amide bonds. The van der Waals surface area contributed by atoms with Gasteiger partial charge in [-0.15, -0.1) is 0 Å². The summed E-state index contributed by atoms with van der Waals surface area (Å²) < 4.78 is 1.65. The summed E-state index contributed by atoms with van der Waals surface area (Å²) in [4.78, 5) is 14.9. The largest absolute Gasteiger partial charge is 0.366 e. The van der Waals surface area contributed by atoms with Gasteiger partial charge in [-0.2, -0.15) is 5.10 Å². The Kier molecular flexibility index (Phi) is 2.21. The Morgan fingerprint density at radius 2 is 2.27 bits per heavy atom. The monoisotopic (exact) mass is 202 g/mol. The molecule has 2 heterocycles. The van der Waals surface area contributed by atoms with Crippen molar-refractivity contribution >= 4 is 5.91 Å². The van der Waals surface area contributed by atoms with Crippen LogP contribution in [0.15, 0.2) is 30.7 Å². The highest BCUT2D eigenvalue weighted by atomic mass is 16.1. The van der Waals surface area contributed by atoms with Gasteiger partial charge in [0.05, 0.1) is 23.1 Å². The molecule has 2 aromatic rings. The van der Waals surface area contributed by atoms with E-state index in [0.717, 1.165) is 11.4 Å². The smallest absolute Gasteiger partial charge is 0.250 e. The number of nitrogens with zero attached hydrogens (tertiary/aromatic N) is 3. The van der Waals surface area contributed by atoms with Gasteiger partial charge in [0.1, 0.15) is 0 Å². The maximum Gasteiger partial charge on any atom is 0.250 e. The Morgan fingerprint density at radius 1 is 1.47 bits per heavy atom. The number of amides is 1. The van der Waals surface area contributed by atoms with Crippen molar-refractivity contribution in [1.82, 2.24) is 14.8 Å². The van der Waals surface area contributed by atoms with Crippen LogP contribution >= 0.6 is 0 Å². The van der Waals surface area contributed by atoms with Crippen molar-refractivity contribution in [3.63, 3.8) is 0 Å². The number of aromatic nitrogens is 3. The summed E-state index contributed by atoms with van der Waals surface area (Å²) in [6, 6.07) is 3.53. The molecule has 0 saturated carbocycles. The Hall–Kier alpha value is -2.17. The molecule has 0 aromatic carbocycles. The molecule has 2 aromatic heterocycles. The van der Waals surface area contributed by atoms with Gasteiger partial charge in [0.15, 0.2) is 0 Å². The lowest BCUT2D eigenvalue weighted by Crippen LogP contribution is -2.12. The molecular formula is C10H10N4O. The van der Waals surface area contributed by atoms with Gasteiger partial charge < -0.3 is 5.73 Å². The molecule has 0 fully saturated rings. The van der Waals surface area contributed by atoms with E-state index in [0.29, 0.717) is 5.56 Å². The van der Waals surface area contributed by atoms with E-state index in [9.17, 15) is 4.79 Å². The number of nitrogens with two attached hydrogens (primary N) is 1. The van der Waals surface area contributed by atoms with Crippen LogP contribution in [0.4, 0.5) is 0 Å². The molecule has 5 nitrogen and oxygen atoms in total. The van der Waals surface area contributed by atoms with Crippen molar-refractivity contribution in [2.75, 3.05) is 0 Å². The minimum atomic E-state index is -0.492. The van der Waals surface area contributed by atoms with Crippen molar-refractivity contribution in [1.29, 1.82) is 0 Å². The number of rotatable bonds is 2. The molecule has 0 aliphatic carbocycles. The topological polar surface area (TPSA) is 73.8 Å². The van der Waals surface area contributed by atoms with E-state index in [1.54, 1.807) is 23.1 Å². The summed E-state index contributed by atoms with van der Waals surface area (Å²) in [5, 5.41) is 4.21. The molecule has 0 aliphatic heterocycles. The van der Waals surface area contributed by atoms with Crippen molar-refractivity contribution in [2.45, 2.75) is 6.92 Å². The standard InChI is InChI=1S/C10H10N4O/c1-7-2-3-14(13-7)9-4-8(10(11)15)5-12-6-9/h2-6H,1H3,(H2,11,15). The number of carbonyl (C=O) groups excluding carboxylic acids is 1. The number of hydrogen-bond donors (Lipinski definition) is 1. The van der Waals surface area contributed by atoms with Crippen molar-refractivity contribution in [3.05, 3.63) is 42.0 Å². The maximum absolute atomic E-state index is 10.9. The van der Waals surface area contributed by atoms with Gasteiger partial charge in [-0.3, -0.25) is 9.78 Å². The highest BCUT2D eigenvalue weighted by molar-refractivity contribution is 5.92. The SMILES string of the molecule is Cc1ccn(-c2cncc(C(N)=O)c2)n1. The van der Waals surface area contributed by atoms with Crippen LogP contribution in [0.5, 0.6) is 0 Å². The lowest BCUT2D eigenvalue weighted by atomic mass is 10.2. The molecule has 2 N–H and O–H groups in total. The van der Waals surface area contributed by atoms with Gasteiger partial charge in [0.25, 0.3) is 0 Å². The summed E-state index contributed by atoms with van der Waals surface area (Å²) in [5.74, 6) is -0.492. The number of aryl methyl sites for hydroxylation is 1. The fourth-order valence-electron chi connectivity index (χ4n) is 1.25. The molecule has 15 heavy (non-hydrogen) atoms. The molecule has 0 unspecified atom stereocenters. The number of carbonyl (C=O) groups is 1. The van der Waals surface area contributed by atoms with Crippen LogP contribution in [-0.2, 0) is 0 Å². The van der Waals surface area contributed by atoms with Crippen molar-refractivity contribution < 1.29 is 4.79 Å². The predicted octanol–water partition coefficient (Wildman–Crippen LogP) is 0.675. The zero-order valence-electron chi connectivity index (χ0n) is 8.21. The van der Waals surface area contributed by atoms with E-state index in [4.69, 9.17) is 5.73 Å². The molecular weight excluding hydrogens is 192 g/mol. The minimum absolute atomic E-state index is 0.376. The first-order valence-electron chi connectivity index (χ1n) is 4.44. The van der Waals surface area contributed by atoms with Gasteiger partial charge in [0, 0.05) is 12.4 Å². The van der Waals surface area contributed by atoms with Gasteiger partial charge in [0.2, 0.25) is 5.91 Å². The Bertz CT molecular complexity index is 504. The molecule has 0 aliphatic rings. The highest BCUT2D eigenvalue weighted by Gasteiger charge is 2.04. The number of hydrogen-bond acceptors (Lipinski definition) is 3. The summed E-state index contributed by atoms with van der Waals surface area (Å²) >= 11 is 0. The summed E-state index contributed by atoms with van der Waals surface area (Å²) in [5.41, 5.74) is 7.16. The van der Waals surface area contributed by atoms with Crippen LogP contribution in [0, 0.1) is 6.92 Å². The first kappa shape index (κ1) is 9.39. The van der Waals surface area contributed by atoms with E-state index in [2.05, 4.69) is 10.1 Å². The zero-order valence-corrected chi connectivity index (χ0v) is 8.21. The molecule has 0 atom stereocenters. The average molecular weight is 202 g/mol. The second-order valence-corrected chi connectivity index (χ2v) is 3.20. The van der Waals surface area contributed by atoms with Crippen molar-refractivity contribution in [2.24, 2.45) is 5.73 Å². The Balaban J connectivity index is 2.45. The summed E-state index contributed by atoms with van der Waals surface area (Å²) in [6.45, 7) is 1.89. The molecule has 0 radical (unpaired) electrons. The van der Waals surface area contributed by atoms with Crippen LogP contribution in [0.2, 0.25) is 0 Å². The van der Waals surface area contributed by atoms with Gasteiger partial charge in [-0.25, -0.2) is 4.68 Å². The van der Waals surface area contributed by atoms with E-state index >= 15 is 0 Å². The number of pyridine rings is 1. The van der Waals surface area contributed by atoms with E-state index in [1.165, 1.54) is 6.20 Å².